The molecule has 1 saturated heterocycles. The van der Waals surface area contributed by atoms with Crippen LogP contribution < -0.4 is 4.74 Å². The summed E-state index contributed by atoms with van der Waals surface area (Å²) in [6.07, 6.45) is 0.732. The number of benzene rings is 2. The summed E-state index contributed by atoms with van der Waals surface area (Å²) in [6.45, 7) is 6.94. The van der Waals surface area contributed by atoms with Gasteiger partial charge in [0.15, 0.2) is 0 Å². The van der Waals surface area contributed by atoms with Crippen molar-refractivity contribution in [3.8, 4) is 5.75 Å². The Labute approximate surface area is 149 Å². The van der Waals surface area contributed by atoms with Crippen LogP contribution in [0.25, 0.3) is 0 Å². The largest absolute Gasteiger partial charge is 0.497 e. The number of aryl methyl sites for hydroxylation is 1. The summed E-state index contributed by atoms with van der Waals surface area (Å²) in [4.78, 5) is 0.341. The van der Waals surface area contributed by atoms with Gasteiger partial charge in [-0.3, -0.25) is 0 Å². The third-order valence-corrected chi connectivity index (χ3v) is 6.58. The van der Waals surface area contributed by atoms with E-state index < -0.39 is 10.0 Å². The van der Waals surface area contributed by atoms with Crippen molar-refractivity contribution in [3.63, 3.8) is 0 Å². The van der Waals surface area contributed by atoms with E-state index in [1.807, 2.05) is 43.3 Å². The number of hydrogen-bond acceptors (Lipinski definition) is 3. The molecule has 0 unspecified atom stereocenters. The third kappa shape index (κ3) is 3.62. The number of methoxy groups -OCH3 is 1. The number of rotatable bonds is 4. The first-order chi connectivity index (χ1) is 11.9. The minimum absolute atomic E-state index is 0.176. The van der Waals surface area contributed by atoms with Crippen LogP contribution in [-0.2, 0) is 10.0 Å². The first-order valence-electron chi connectivity index (χ1n) is 8.30. The third-order valence-electron chi connectivity index (χ3n) is 4.72. The van der Waals surface area contributed by atoms with Crippen molar-refractivity contribution in [2.75, 3.05) is 20.2 Å². The van der Waals surface area contributed by atoms with E-state index in [4.69, 9.17) is 4.74 Å². The highest BCUT2D eigenvalue weighted by Crippen LogP contribution is 2.34. The van der Waals surface area contributed by atoms with Gasteiger partial charge in [-0.15, -0.1) is 0 Å². The molecular weight excluding hydrogens is 334 g/mol. The Morgan fingerprint density at radius 1 is 1.08 bits per heavy atom. The monoisotopic (exact) mass is 357 g/mol. The second-order valence-corrected chi connectivity index (χ2v) is 8.36. The maximum Gasteiger partial charge on any atom is 0.243 e. The normalized spacial score (nSPS) is 19.0. The molecule has 0 aromatic heterocycles. The molecule has 2 aromatic carbocycles. The van der Waals surface area contributed by atoms with Gasteiger partial charge in [-0.25, -0.2) is 8.42 Å². The van der Waals surface area contributed by atoms with E-state index in [0.717, 1.165) is 28.9 Å². The summed E-state index contributed by atoms with van der Waals surface area (Å²) < 4.78 is 32.4. The molecule has 0 amide bonds. The molecule has 1 aliphatic rings. The molecule has 25 heavy (non-hydrogen) atoms. The molecular formula is C20H23NO3S. The number of hydrogen-bond donors (Lipinski definition) is 0. The molecule has 3 rings (SSSR count). The standard InChI is InChI=1S/C20H23NO3S/c1-15-4-10-19(11-5-15)25(22,23)21-13-12-20(16(2)14-21)17-6-8-18(24-3)9-7-17/h4-11,20H,2,12-14H2,1,3H3/t20-/m0/s1. The lowest BCUT2D eigenvalue weighted by molar-refractivity contribution is 0.376. The molecule has 0 bridgehead atoms. The quantitative estimate of drug-likeness (QED) is 0.783. The topological polar surface area (TPSA) is 46.6 Å². The fraction of sp³-hybridized carbons (Fsp3) is 0.300. The number of sulfonamides is 1. The van der Waals surface area contributed by atoms with Gasteiger partial charge >= 0.3 is 0 Å². The first kappa shape index (κ1) is 17.7. The molecule has 1 heterocycles. The lowest BCUT2D eigenvalue weighted by Crippen LogP contribution is -2.39. The smallest absolute Gasteiger partial charge is 0.243 e. The molecule has 5 heteroatoms. The Hall–Kier alpha value is -2.11. The van der Waals surface area contributed by atoms with Gasteiger partial charge in [-0.1, -0.05) is 42.0 Å². The molecule has 1 fully saturated rings. The zero-order chi connectivity index (χ0) is 18.0. The highest BCUT2D eigenvalue weighted by molar-refractivity contribution is 7.89. The van der Waals surface area contributed by atoms with Gasteiger partial charge in [0, 0.05) is 19.0 Å². The van der Waals surface area contributed by atoms with Gasteiger partial charge in [0.1, 0.15) is 5.75 Å². The van der Waals surface area contributed by atoms with Crippen molar-refractivity contribution in [1.82, 2.24) is 4.31 Å². The van der Waals surface area contributed by atoms with E-state index in [0.29, 0.717) is 18.0 Å². The zero-order valence-corrected chi connectivity index (χ0v) is 15.4. The number of nitrogens with zero attached hydrogens (tertiary/aromatic N) is 1. The van der Waals surface area contributed by atoms with Gasteiger partial charge in [0.2, 0.25) is 10.0 Å². The van der Waals surface area contributed by atoms with Crippen molar-refractivity contribution >= 4 is 10.0 Å². The molecule has 0 aliphatic carbocycles. The zero-order valence-electron chi connectivity index (χ0n) is 14.6. The number of ether oxygens (including phenoxy) is 1. The molecule has 2 aromatic rings. The van der Waals surface area contributed by atoms with E-state index in [1.165, 1.54) is 4.31 Å². The van der Waals surface area contributed by atoms with E-state index in [1.54, 1.807) is 19.2 Å². The van der Waals surface area contributed by atoms with Crippen LogP contribution >= 0.6 is 0 Å². The second-order valence-electron chi connectivity index (χ2n) is 6.42. The van der Waals surface area contributed by atoms with Crippen LogP contribution in [0.15, 0.2) is 65.6 Å². The summed E-state index contributed by atoms with van der Waals surface area (Å²) >= 11 is 0. The predicted molar refractivity (Wildman–Crippen MR) is 99.4 cm³/mol. The number of piperidine rings is 1. The first-order valence-corrected chi connectivity index (χ1v) is 9.74. The van der Waals surface area contributed by atoms with Crippen LogP contribution in [0.2, 0.25) is 0 Å². The minimum atomic E-state index is -3.48. The Balaban J connectivity index is 1.76. The van der Waals surface area contributed by atoms with Crippen LogP contribution in [0.3, 0.4) is 0 Å². The molecule has 0 N–H and O–H groups in total. The van der Waals surface area contributed by atoms with Crippen LogP contribution in [0.5, 0.6) is 5.75 Å². The Morgan fingerprint density at radius 2 is 1.72 bits per heavy atom. The Kier molecular flexibility index (Phi) is 4.97. The summed E-state index contributed by atoms with van der Waals surface area (Å²) in [5.41, 5.74) is 3.12. The van der Waals surface area contributed by atoms with Gasteiger partial charge in [0.25, 0.3) is 0 Å². The fourth-order valence-corrected chi connectivity index (χ4v) is 4.66. The van der Waals surface area contributed by atoms with Gasteiger partial charge in [-0.05, 0) is 43.2 Å². The predicted octanol–water partition coefficient (Wildman–Crippen LogP) is 3.74. The molecule has 132 valence electrons. The maximum absolute atomic E-state index is 12.8. The average Bonchev–Trinajstić information content (AvgIpc) is 2.62. The maximum atomic E-state index is 12.8. The van der Waals surface area contributed by atoms with Crippen molar-refractivity contribution in [1.29, 1.82) is 0 Å². The van der Waals surface area contributed by atoms with Crippen molar-refractivity contribution in [3.05, 3.63) is 71.8 Å². The molecule has 1 atom stereocenters. The van der Waals surface area contributed by atoms with Crippen molar-refractivity contribution in [2.24, 2.45) is 0 Å². The minimum Gasteiger partial charge on any atom is -0.497 e. The SMILES string of the molecule is C=C1CN(S(=O)(=O)c2ccc(C)cc2)CC[C@@H]1c1ccc(OC)cc1. The summed E-state index contributed by atoms with van der Waals surface area (Å²) in [7, 11) is -1.83. The highest BCUT2D eigenvalue weighted by atomic mass is 32.2. The van der Waals surface area contributed by atoms with E-state index in [9.17, 15) is 8.42 Å². The fourth-order valence-electron chi connectivity index (χ4n) is 3.20. The van der Waals surface area contributed by atoms with Gasteiger partial charge in [-0.2, -0.15) is 4.31 Å². The molecule has 0 radical (unpaired) electrons. The second kappa shape index (κ2) is 7.02. The van der Waals surface area contributed by atoms with Crippen LogP contribution in [0.4, 0.5) is 0 Å². The summed E-state index contributed by atoms with van der Waals surface area (Å²) in [5, 5.41) is 0. The Morgan fingerprint density at radius 3 is 2.28 bits per heavy atom. The summed E-state index contributed by atoms with van der Waals surface area (Å²) in [5.74, 6) is 0.990. The van der Waals surface area contributed by atoms with E-state index in [2.05, 4.69) is 6.58 Å². The molecule has 0 saturated carbocycles. The summed E-state index contributed by atoms with van der Waals surface area (Å²) in [6, 6.07) is 14.9. The molecule has 1 aliphatic heterocycles. The van der Waals surface area contributed by atoms with Crippen LogP contribution in [-0.4, -0.2) is 32.9 Å². The van der Waals surface area contributed by atoms with E-state index >= 15 is 0 Å². The molecule has 0 spiro atoms. The van der Waals surface area contributed by atoms with Crippen molar-refractivity contribution < 1.29 is 13.2 Å². The Bertz CT molecular complexity index is 855. The lowest BCUT2D eigenvalue weighted by Gasteiger charge is -2.33. The van der Waals surface area contributed by atoms with Crippen LogP contribution in [0.1, 0.15) is 23.5 Å². The van der Waals surface area contributed by atoms with Crippen molar-refractivity contribution in [2.45, 2.75) is 24.2 Å². The van der Waals surface area contributed by atoms with Gasteiger partial charge in [0.05, 0.1) is 12.0 Å². The lowest BCUT2D eigenvalue weighted by atomic mass is 9.87. The molecule has 4 nitrogen and oxygen atoms in total. The highest BCUT2D eigenvalue weighted by Gasteiger charge is 2.31. The average molecular weight is 357 g/mol. The van der Waals surface area contributed by atoms with Crippen LogP contribution in [0, 0.1) is 6.92 Å². The van der Waals surface area contributed by atoms with E-state index in [-0.39, 0.29) is 5.92 Å². The van der Waals surface area contributed by atoms with Gasteiger partial charge < -0.3 is 4.74 Å².